The number of amides is 1. The molecule has 0 unspecified atom stereocenters. The van der Waals surface area contributed by atoms with Gasteiger partial charge in [-0.3, -0.25) is 9.00 Å². The minimum absolute atomic E-state index is 0.150. The Morgan fingerprint density at radius 1 is 1.36 bits per heavy atom. The largest absolute Gasteiger partial charge is 0.360 e. The summed E-state index contributed by atoms with van der Waals surface area (Å²) in [6.07, 6.45) is 0. The highest BCUT2D eigenvalue weighted by Crippen LogP contribution is 2.17. The van der Waals surface area contributed by atoms with E-state index >= 15 is 0 Å². The van der Waals surface area contributed by atoms with E-state index in [1.54, 1.807) is 24.8 Å². The number of anilines is 1. The lowest BCUT2D eigenvalue weighted by atomic mass is 10.2. The molecule has 2 rings (SSSR count). The summed E-state index contributed by atoms with van der Waals surface area (Å²) >= 11 is 0. The standard InChI is InChI=1S/C16H20N2O3S/c1-4-18(14-8-6-5-7-9-14)16(19)13(3)22(20)11-15-10-12(2)17-21-15/h5-10,13H,4,11H2,1-3H3/t13-,22+/m0/s1. The lowest BCUT2D eigenvalue weighted by Crippen LogP contribution is -2.40. The van der Waals surface area contributed by atoms with Crippen molar-refractivity contribution in [1.29, 1.82) is 0 Å². The van der Waals surface area contributed by atoms with E-state index in [4.69, 9.17) is 4.52 Å². The third kappa shape index (κ3) is 3.82. The van der Waals surface area contributed by atoms with Crippen LogP contribution in [0.3, 0.4) is 0 Å². The first-order valence-electron chi connectivity index (χ1n) is 7.18. The van der Waals surface area contributed by atoms with Crippen molar-refractivity contribution in [2.24, 2.45) is 0 Å². The Morgan fingerprint density at radius 2 is 2.05 bits per heavy atom. The number of rotatable bonds is 6. The second-order valence-corrected chi connectivity index (χ2v) is 6.78. The van der Waals surface area contributed by atoms with Gasteiger partial charge in [-0.25, -0.2) is 0 Å². The summed E-state index contributed by atoms with van der Waals surface area (Å²) < 4.78 is 17.5. The highest BCUT2D eigenvalue weighted by atomic mass is 32.2. The van der Waals surface area contributed by atoms with Gasteiger partial charge in [0.15, 0.2) is 0 Å². The highest BCUT2D eigenvalue weighted by Gasteiger charge is 2.26. The van der Waals surface area contributed by atoms with Gasteiger partial charge in [-0.2, -0.15) is 0 Å². The molecule has 0 aliphatic carbocycles. The van der Waals surface area contributed by atoms with Crippen molar-refractivity contribution in [3.05, 3.63) is 47.9 Å². The predicted molar refractivity (Wildman–Crippen MR) is 87.0 cm³/mol. The maximum atomic E-state index is 12.6. The van der Waals surface area contributed by atoms with E-state index in [1.165, 1.54) is 0 Å². The van der Waals surface area contributed by atoms with Gasteiger partial charge in [0, 0.05) is 29.1 Å². The summed E-state index contributed by atoms with van der Waals surface area (Å²) in [7, 11) is -1.35. The second-order valence-electron chi connectivity index (χ2n) is 5.02. The van der Waals surface area contributed by atoms with Gasteiger partial charge in [0.1, 0.15) is 11.0 Å². The van der Waals surface area contributed by atoms with Gasteiger partial charge < -0.3 is 9.42 Å². The Balaban J connectivity index is 2.08. The van der Waals surface area contributed by atoms with Crippen molar-refractivity contribution >= 4 is 22.4 Å². The van der Waals surface area contributed by atoms with E-state index in [0.717, 1.165) is 11.4 Å². The summed E-state index contributed by atoms with van der Waals surface area (Å²) in [5.41, 5.74) is 1.56. The molecule has 0 saturated heterocycles. The monoisotopic (exact) mass is 320 g/mol. The Kier molecular flexibility index (Phi) is 5.49. The van der Waals surface area contributed by atoms with Crippen LogP contribution in [0.1, 0.15) is 25.3 Å². The van der Waals surface area contributed by atoms with Crippen LogP contribution in [0.2, 0.25) is 0 Å². The van der Waals surface area contributed by atoms with Crippen molar-refractivity contribution in [1.82, 2.24) is 5.16 Å². The Labute approximate surface area is 132 Å². The fourth-order valence-corrected chi connectivity index (χ4v) is 3.17. The number of aryl methyl sites for hydroxylation is 1. The van der Waals surface area contributed by atoms with Gasteiger partial charge in [-0.05, 0) is 32.9 Å². The Morgan fingerprint density at radius 3 is 2.59 bits per heavy atom. The van der Waals surface area contributed by atoms with E-state index in [9.17, 15) is 9.00 Å². The third-order valence-corrected chi connectivity index (χ3v) is 4.91. The molecule has 5 nitrogen and oxygen atoms in total. The zero-order chi connectivity index (χ0) is 16.1. The van der Waals surface area contributed by atoms with Crippen molar-refractivity contribution in [3.63, 3.8) is 0 Å². The van der Waals surface area contributed by atoms with Crippen LogP contribution in [0.15, 0.2) is 40.9 Å². The molecule has 0 N–H and O–H groups in total. The quantitative estimate of drug-likeness (QED) is 0.821. The molecule has 22 heavy (non-hydrogen) atoms. The second kappa shape index (κ2) is 7.35. The molecule has 1 heterocycles. The lowest BCUT2D eigenvalue weighted by Gasteiger charge is -2.24. The topological polar surface area (TPSA) is 63.4 Å². The fraction of sp³-hybridized carbons (Fsp3) is 0.375. The van der Waals surface area contributed by atoms with Gasteiger partial charge in [-0.1, -0.05) is 23.4 Å². The molecule has 1 amide bonds. The third-order valence-electron chi connectivity index (χ3n) is 3.35. The molecule has 6 heteroatoms. The zero-order valence-electron chi connectivity index (χ0n) is 13.0. The molecule has 0 aliphatic heterocycles. The van der Waals surface area contributed by atoms with Crippen molar-refractivity contribution in [2.45, 2.75) is 31.8 Å². The minimum atomic E-state index is -1.35. The zero-order valence-corrected chi connectivity index (χ0v) is 13.8. The average Bonchev–Trinajstić information content (AvgIpc) is 2.93. The number of nitrogens with zero attached hydrogens (tertiary/aromatic N) is 2. The molecule has 2 aromatic rings. The van der Waals surface area contributed by atoms with E-state index in [0.29, 0.717) is 12.3 Å². The first-order chi connectivity index (χ1) is 10.5. The fourth-order valence-electron chi connectivity index (χ4n) is 2.16. The van der Waals surface area contributed by atoms with Gasteiger partial charge in [0.05, 0.1) is 11.4 Å². The first kappa shape index (κ1) is 16.4. The van der Waals surface area contributed by atoms with Gasteiger partial charge in [-0.15, -0.1) is 0 Å². The van der Waals surface area contributed by atoms with Crippen LogP contribution in [0, 0.1) is 6.92 Å². The molecule has 2 atom stereocenters. The predicted octanol–water partition coefficient (Wildman–Crippen LogP) is 2.67. The number of para-hydroxylation sites is 1. The van der Waals surface area contributed by atoms with Gasteiger partial charge >= 0.3 is 0 Å². The molecule has 0 spiro atoms. The minimum Gasteiger partial charge on any atom is -0.360 e. The van der Waals surface area contributed by atoms with Crippen molar-refractivity contribution in [3.8, 4) is 0 Å². The lowest BCUT2D eigenvalue weighted by molar-refractivity contribution is -0.117. The number of hydrogen-bond acceptors (Lipinski definition) is 4. The Bertz CT molecular complexity index is 654. The molecule has 0 aliphatic rings. The molecular weight excluding hydrogens is 300 g/mol. The average molecular weight is 320 g/mol. The van der Waals surface area contributed by atoms with Gasteiger partial charge in [0.25, 0.3) is 0 Å². The van der Waals surface area contributed by atoms with E-state index in [2.05, 4.69) is 5.16 Å². The van der Waals surface area contributed by atoms with Crippen LogP contribution >= 0.6 is 0 Å². The SMILES string of the molecule is CCN(C(=O)[C@H](C)[S@](=O)Cc1cc(C)no1)c1ccccc1. The van der Waals surface area contributed by atoms with Crippen LogP contribution in [-0.4, -0.2) is 27.1 Å². The normalized spacial score (nSPS) is 13.6. The summed E-state index contributed by atoms with van der Waals surface area (Å²) in [6.45, 7) is 5.93. The number of hydrogen-bond donors (Lipinski definition) is 0. The molecule has 1 aromatic heterocycles. The molecule has 0 bridgehead atoms. The molecule has 0 saturated carbocycles. The molecule has 118 valence electrons. The summed E-state index contributed by atoms with van der Waals surface area (Å²) in [5.74, 6) is 0.585. The van der Waals surface area contributed by atoms with E-state index in [-0.39, 0.29) is 11.7 Å². The van der Waals surface area contributed by atoms with E-state index < -0.39 is 16.0 Å². The maximum absolute atomic E-state index is 12.6. The van der Waals surface area contributed by atoms with Crippen LogP contribution < -0.4 is 4.90 Å². The van der Waals surface area contributed by atoms with E-state index in [1.807, 2.05) is 37.3 Å². The summed E-state index contributed by atoms with van der Waals surface area (Å²) in [4.78, 5) is 14.2. The number of aromatic nitrogens is 1. The van der Waals surface area contributed by atoms with Crippen LogP contribution in [-0.2, 0) is 21.3 Å². The molecule has 1 aromatic carbocycles. The Hall–Kier alpha value is -1.95. The summed E-state index contributed by atoms with van der Waals surface area (Å²) in [6, 6.07) is 11.1. The smallest absolute Gasteiger partial charge is 0.242 e. The number of benzene rings is 1. The highest BCUT2D eigenvalue weighted by molar-refractivity contribution is 7.85. The van der Waals surface area contributed by atoms with Crippen LogP contribution in [0.5, 0.6) is 0 Å². The molecule has 0 fully saturated rings. The van der Waals surface area contributed by atoms with Gasteiger partial charge in [0.2, 0.25) is 5.91 Å². The van der Waals surface area contributed by atoms with Crippen LogP contribution in [0.25, 0.3) is 0 Å². The van der Waals surface area contributed by atoms with Crippen molar-refractivity contribution in [2.75, 3.05) is 11.4 Å². The van der Waals surface area contributed by atoms with Crippen LogP contribution in [0.4, 0.5) is 5.69 Å². The van der Waals surface area contributed by atoms with Crippen molar-refractivity contribution < 1.29 is 13.5 Å². The first-order valence-corrected chi connectivity index (χ1v) is 8.57. The molecular formula is C16H20N2O3S. The number of carbonyl (C=O) groups excluding carboxylic acids is 1. The molecule has 0 radical (unpaired) electrons. The maximum Gasteiger partial charge on any atom is 0.242 e. The summed E-state index contributed by atoms with van der Waals surface area (Å²) in [5, 5.41) is 3.16. The number of carbonyl (C=O) groups is 1.